The van der Waals surface area contributed by atoms with Gasteiger partial charge < -0.3 is 0 Å². The molecule has 0 saturated heterocycles. The third kappa shape index (κ3) is 3.84. The summed E-state index contributed by atoms with van der Waals surface area (Å²) in [6.07, 6.45) is -4.44. The van der Waals surface area contributed by atoms with Crippen LogP contribution < -0.4 is 4.72 Å². The first-order valence-electron chi connectivity index (χ1n) is 5.72. The highest BCUT2D eigenvalue weighted by Gasteiger charge is 2.30. The van der Waals surface area contributed by atoms with E-state index < -0.39 is 28.8 Å². The Balaban J connectivity index is 2.39. The molecule has 0 spiro atoms. The van der Waals surface area contributed by atoms with E-state index in [0.29, 0.717) is 11.1 Å². The molecule has 0 fully saturated rings. The predicted molar refractivity (Wildman–Crippen MR) is 78.9 cm³/mol. The molecule has 0 aliphatic rings. The number of benzene rings is 2. The van der Waals surface area contributed by atoms with Gasteiger partial charge in [0, 0.05) is 4.47 Å². The van der Waals surface area contributed by atoms with E-state index in [4.69, 9.17) is 4.55 Å². The second-order valence-corrected chi connectivity index (χ2v) is 5.80. The Morgan fingerprint density at radius 3 is 2.14 bits per heavy atom. The Hall–Kier alpha value is -1.45. The molecular weight excluding hydrogens is 390 g/mol. The van der Waals surface area contributed by atoms with Gasteiger partial charge in [-0.1, -0.05) is 12.1 Å². The number of alkyl halides is 3. The Labute approximate surface area is 133 Å². The highest BCUT2D eigenvalue weighted by molar-refractivity contribution is 9.10. The lowest BCUT2D eigenvalue weighted by molar-refractivity contribution is -0.137. The summed E-state index contributed by atoms with van der Waals surface area (Å²) in [6, 6.07) is 6.73. The van der Waals surface area contributed by atoms with Crippen molar-refractivity contribution in [2.45, 2.75) is 6.18 Å². The van der Waals surface area contributed by atoms with E-state index in [-0.39, 0.29) is 10.2 Å². The molecule has 2 N–H and O–H groups in total. The molecule has 118 valence electrons. The first kappa shape index (κ1) is 16.9. The summed E-state index contributed by atoms with van der Waals surface area (Å²) >= 11 is 0.596. The molecular formula is C13H8BrF4NO2S. The van der Waals surface area contributed by atoms with Gasteiger partial charge in [-0.15, -0.1) is 0 Å². The summed E-state index contributed by atoms with van der Waals surface area (Å²) in [5, 5.41) is 0. The molecule has 3 nitrogen and oxygen atoms in total. The normalized spacial score (nSPS) is 13.0. The minimum atomic E-state index is -4.44. The van der Waals surface area contributed by atoms with E-state index in [2.05, 4.69) is 15.9 Å². The first-order valence-corrected chi connectivity index (χ1v) is 7.62. The van der Waals surface area contributed by atoms with Gasteiger partial charge in [-0.2, -0.15) is 13.2 Å². The molecule has 2 aromatic rings. The Morgan fingerprint density at radius 2 is 1.68 bits per heavy atom. The fraction of sp³-hybridized carbons (Fsp3) is 0.0769. The maximum Gasteiger partial charge on any atom is 0.416 e. The van der Waals surface area contributed by atoms with Crippen LogP contribution in [-0.2, 0) is 17.4 Å². The maximum absolute atomic E-state index is 13.9. The third-order valence-electron chi connectivity index (χ3n) is 2.78. The van der Waals surface area contributed by atoms with Crippen LogP contribution in [0.25, 0.3) is 11.1 Å². The van der Waals surface area contributed by atoms with Gasteiger partial charge in [0.1, 0.15) is 5.82 Å². The topological polar surface area (TPSA) is 49.3 Å². The highest BCUT2D eigenvalue weighted by Crippen LogP contribution is 2.34. The molecule has 0 bridgehead atoms. The van der Waals surface area contributed by atoms with Crippen LogP contribution in [0, 0.1) is 5.82 Å². The smallest absolute Gasteiger partial charge is 0.289 e. The van der Waals surface area contributed by atoms with Gasteiger partial charge >= 0.3 is 6.18 Å². The van der Waals surface area contributed by atoms with Gasteiger partial charge in [-0.05, 0) is 51.3 Å². The SMILES string of the molecule is O=S(O)Nc1c(F)cc(-c2ccc(C(F)(F)F)cc2)cc1Br. The first-order chi connectivity index (χ1) is 10.2. The fourth-order valence-corrected chi connectivity index (χ4v) is 2.82. The van der Waals surface area contributed by atoms with Crippen LogP contribution in [0.2, 0.25) is 0 Å². The highest BCUT2D eigenvalue weighted by atomic mass is 79.9. The molecule has 1 unspecified atom stereocenters. The van der Waals surface area contributed by atoms with Crippen LogP contribution in [0.15, 0.2) is 40.9 Å². The van der Waals surface area contributed by atoms with Crippen LogP contribution >= 0.6 is 15.9 Å². The van der Waals surface area contributed by atoms with Gasteiger partial charge in [-0.3, -0.25) is 9.27 Å². The van der Waals surface area contributed by atoms with Crippen molar-refractivity contribution in [3.63, 3.8) is 0 Å². The van der Waals surface area contributed by atoms with E-state index in [1.165, 1.54) is 18.2 Å². The summed E-state index contributed by atoms with van der Waals surface area (Å²) in [4.78, 5) is 0. The average Bonchev–Trinajstić information content (AvgIpc) is 2.41. The number of hydrogen-bond acceptors (Lipinski definition) is 1. The molecule has 0 saturated carbocycles. The quantitative estimate of drug-likeness (QED) is 0.575. The van der Waals surface area contributed by atoms with Crippen molar-refractivity contribution in [2.24, 2.45) is 0 Å². The zero-order valence-corrected chi connectivity index (χ0v) is 13.0. The lowest BCUT2D eigenvalue weighted by Crippen LogP contribution is -2.05. The van der Waals surface area contributed by atoms with Crippen molar-refractivity contribution in [3.8, 4) is 11.1 Å². The Bertz CT molecular complexity index is 696. The summed E-state index contributed by atoms with van der Waals surface area (Å²) in [5.41, 5.74) is -0.308. The van der Waals surface area contributed by atoms with Gasteiger partial charge in [-0.25, -0.2) is 8.60 Å². The average molecular weight is 398 g/mol. The molecule has 0 aliphatic carbocycles. The molecule has 0 radical (unpaired) electrons. The summed E-state index contributed by atoms with van der Waals surface area (Å²) in [6.45, 7) is 0. The van der Waals surface area contributed by atoms with E-state index in [1.54, 1.807) is 0 Å². The molecule has 2 rings (SSSR count). The summed E-state index contributed by atoms with van der Waals surface area (Å²) < 4.78 is 73.0. The standard InChI is InChI=1S/C13H8BrF4NO2S/c14-10-5-8(6-11(15)12(10)19-22(20)21)7-1-3-9(4-2-7)13(16,17)18/h1-6,19H,(H,20,21). The van der Waals surface area contributed by atoms with Crippen LogP contribution in [0.5, 0.6) is 0 Å². The third-order valence-corrected chi connectivity index (χ3v) is 3.78. The Morgan fingerprint density at radius 1 is 1.09 bits per heavy atom. The maximum atomic E-state index is 13.9. The molecule has 22 heavy (non-hydrogen) atoms. The number of nitrogens with one attached hydrogen (secondary N) is 1. The van der Waals surface area contributed by atoms with Crippen molar-refractivity contribution >= 4 is 32.9 Å². The number of anilines is 1. The van der Waals surface area contributed by atoms with E-state index in [0.717, 1.165) is 18.2 Å². The minimum absolute atomic E-state index is 0.171. The van der Waals surface area contributed by atoms with Gasteiger partial charge in [0.05, 0.1) is 11.3 Å². The zero-order chi connectivity index (χ0) is 16.5. The van der Waals surface area contributed by atoms with E-state index >= 15 is 0 Å². The fourth-order valence-electron chi connectivity index (χ4n) is 1.78. The molecule has 1 atom stereocenters. The van der Waals surface area contributed by atoms with Crippen molar-refractivity contribution < 1.29 is 26.3 Å². The van der Waals surface area contributed by atoms with Crippen molar-refractivity contribution in [1.82, 2.24) is 0 Å². The van der Waals surface area contributed by atoms with Crippen molar-refractivity contribution in [1.29, 1.82) is 0 Å². The lowest BCUT2D eigenvalue weighted by Gasteiger charge is -2.11. The Kier molecular flexibility index (Phi) is 4.88. The number of hydrogen-bond donors (Lipinski definition) is 2. The van der Waals surface area contributed by atoms with Gasteiger partial charge in [0.2, 0.25) is 0 Å². The number of halogens is 5. The van der Waals surface area contributed by atoms with E-state index in [1.807, 2.05) is 4.72 Å². The van der Waals surface area contributed by atoms with Crippen LogP contribution in [0.3, 0.4) is 0 Å². The molecule has 0 amide bonds. The second-order valence-electron chi connectivity index (χ2n) is 4.24. The molecule has 2 aromatic carbocycles. The van der Waals surface area contributed by atoms with Crippen molar-refractivity contribution in [3.05, 3.63) is 52.3 Å². The second kappa shape index (κ2) is 6.35. The monoisotopic (exact) mass is 397 g/mol. The predicted octanol–water partition coefficient (Wildman–Crippen LogP) is 4.82. The van der Waals surface area contributed by atoms with Crippen LogP contribution in [0.1, 0.15) is 5.56 Å². The van der Waals surface area contributed by atoms with Crippen LogP contribution in [0.4, 0.5) is 23.2 Å². The summed E-state index contributed by atoms with van der Waals surface area (Å²) in [7, 11) is 0. The summed E-state index contributed by atoms with van der Waals surface area (Å²) in [5.74, 6) is -0.813. The van der Waals surface area contributed by atoms with Gasteiger partial charge in [0.15, 0.2) is 0 Å². The van der Waals surface area contributed by atoms with Crippen molar-refractivity contribution in [2.75, 3.05) is 4.72 Å². The van der Waals surface area contributed by atoms with Crippen LogP contribution in [-0.4, -0.2) is 8.76 Å². The molecule has 0 aliphatic heterocycles. The zero-order valence-electron chi connectivity index (χ0n) is 10.6. The van der Waals surface area contributed by atoms with E-state index in [9.17, 15) is 21.8 Å². The molecule has 9 heteroatoms. The number of rotatable bonds is 3. The van der Waals surface area contributed by atoms with Gasteiger partial charge in [0.25, 0.3) is 11.3 Å². The lowest BCUT2D eigenvalue weighted by atomic mass is 10.0. The molecule has 0 heterocycles. The minimum Gasteiger partial charge on any atom is -0.289 e. The largest absolute Gasteiger partial charge is 0.416 e. The molecule has 0 aromatic heterocycles.